The van der Waals surface area contributed by atoms with E-state index in [4.69, 9.17) is 11.6 Å². The molecule has 1 aliphatic rings. The van der Waals surface area contributed by atoms with Crippen LogP contribution in [0, 0.1) is 0 Å². The maximum atomic E-state index is 13.4. The molecule has 0 fully saturated rings. The fourth-order valence-electron chi connectivity index (χ4n) is 3.83. The van der Waals surface area contributed by atoms with Gasteiger partial charge in [-0.3, -0.25) is 9.59 Å². The van der Waals surface area contributed by atoms with E-state index >= 15 is 0 Å². The number of nitrogens with one attached hydrogen (secondary N) is 3. The van der Waals surface area contributed by atoms with Gasteiger partial charge in [-0.15, -0.1) is 0 Å². The predicted octanol–water partition coefficient (Wildman–Crippen LogP) is 4.64. The number of pyridine rings is 2. The zero-order chi connectivity index (χ0) is 23.4. The van der Waals surface area contributed by atoms with Gasteiger partial charge >= 0.3 is 0 Å². The highest BCUT2D eigenvalue weighted by atomic mass is 35.5. The average molecular weight is 460 g/mol. The number of hydrogen-bond donors (Lipinski definition) is 3. The molecule has 0 radical (unpaired) electrons. The average Bonchev–Trinajstić information content (AvgIpc) is 2.80. The first-order chi connectivity index (χ1) is 15.9. The Hall–Kier alpha value is -3.97. The summed E-state index contributed by atoms with van der Waals surface area (Å²) in [5.41, 5.74) is 2.89. The third-order valence-electron chi connectivity index (χ3n) is 5.27. The van der Waals surface area contributed by atoms with Crippen LogP contribution in [0.15, 0.2) is 95.6 Å². The van der Waals surface area contributed by atoms with Gasteiger partial charge in [-0.25, -0.2) is 9.97 Å². The van der Waals surface area contributed by atoms with Crippen LogP contribution in [0.25, 0.3) is 0 Å². The molecule has 2 amide bonds. The smallest absolute Gasteiger partial charge is 0.255 e. The molecule has 0 saturated heterocycles. The summed E-state index contributed by atoms with van der Waals surface area (Å²) < 4.78 is 0. The van der Waals surface area contributed by atoms with Crippen LogP contribution in [-0.2, 0) is 9.59 Å². The van der Waals surface area contributed by atoms with Crippen LogP contribution in [0.5, 0.6) is 0 Å². The quantitative estimate of drug-likeness (QED) is 0.516. The number of halogens is 1. The largest absolute Gasteiger partial charge is 0.362 e. The molecule has 7 nitrogen and oxygen atoms in total. The van der Waals surface area contributed by atoms with Gasteiger partial charge in [-0.1, -0.05) is 35.9 Å². The SMILES string of the molecule is CC1=C(C(=O)Nc2ccccn2)C(c2ccc(Cl)cc2)C(C(=O)Nc2ccccn2)=C(C)N1. The molecule has 0 bridgehead atoms. The Morgan fingerprint density at radius 2 is 1.27 bits per heavy atom. The summed E-state index contributed by atoms with van der Waals surface area (Å²) in [5.74, 6) is -0.494. The van der Waals surface area contributed by atoms with Crippen molar-refractivity contribution in [1.29, 1.82) is 0 Å². The Morgan fingerprint density at radius 3 is 1.70 bits per heavy atom. The molecule has 3 heterocycles. The van der Waals surface area contributed by atoms with E-state index in [1.165, 1.54) is 0 Å². The summed E-state index contributed by atoms with van der Waals surface area (Å²) in [6.45, 7) is 3.63. The Labute approximate surface area is 196 Å². The van der Waals surface area contributed by atoms with Crippen LogP contribution in [0.2, 0.25) is 5.02 Å². The molecule has 1 aliphatic heterocycles. The van der Waals surface area contributed by atoms with Crippen molar-refractivity contribution in [1.82, 2.24) is 15.3 Å². The van der Waals surface area contributed by atoms with Gasteiger partial charge in [0.1, 0.15) is 11.6 Å². The second-order valence-corrected chi connectivity index (χ2v) is 7.96. The van der Waals surface area contributed by atoms with Crippen LogP contribution in [-0.4, -0.2) is 21.8 Å². The fourth-order valence-corrected chi connectivity index (χ4v) is 3.95. The topological polar surface area (TPSA) is 96.0 Å². The molecule has 0 atom stereocenters. The fraction of sp³-hybridized carbons (Fsp3) is 0.120. The summed E-state index contributed by atoms with van der Waals surface area (Å²) in [5, 5.41) is 9.43. The molecule has 8 heteroatoms. The van der Waals surface area contributed by atoms with Crippen molar-refractivity contribution >= 4 is 35.1 Å². The van der Waals surface area contributed by atoms with Crippen molar-refractivity contribution in [2.75, 3.05) is 10.6 Å². The Kier molecular flexibility index (Phi) is 6.51. The summed E-state index contributed by atoms with van der Waals surface area (Å²) in [6.07, 6.45) is 3.20. The monoisotopic (exact) mass is 459 g/mol. The van der Waals surface area contributed by atoms with Gasteiger partial charge in [0.05, 0.1) is 0 Å². The summed E-state index contributed by atoms with van der Waals surface area (Å²) in [4.78, 5) is 35.2. The minimum Gasteiger partial charge on any atom is -0.362 e. The molecule has 3 aromatic rings. The maximum absolute atomic E-state index is 13.4. The number of amides is 2. The standard InChI is InChI=1S/C25H22ClN5O2/c1-15-21(24(32)30-19-7-3-5-13-27-19)23(17-9-11-18(26)12-10-17)22(16(2)29-15)25(33)31-20-8-4-6-14-28-20/h3-14,23,29H,1-2H3,(H,27,30,32)(H,28,31,33). The van der Waals surface area contributed by atoms with Gasteiger partial charge in [-0.2, -0.15) is 0 Å². The second kappa shape index (κ2) is 9.67. The Morgan fingerprint density at radius 1 is 0.788 bits per heavy atom. The molecule has 3 N–H and O–H groups in total. The summed E-state index contributed by atoms with van der Waals surface area (Å²) >= 11 is 6.11. The third kappa shape index (κ3) is 4.94. The van der Waals surface area contributed by atoms with Crippen molar-refractivity contribution in [3.8, 4) is 0 Å². The van der Waals surface area contributed by atoms with Gasteiger partial charge in [0.25, 0.3) is 11.8 Å². The molecule has 0 unspecified atom stereocenters. The van der Waals surface area contributed by atoms with Gasteiger partial charge in [-0.05, 0) is 55.8 Å². The summed E-state index contributed by atoms with van der Waals surface area (Å²) in [6, 6.07) is 17.6. The molecular formula is C25H22ClN5O2. The molecule has 1 aromatic carbocycles. The van der Waals surface area contributed by atoms with Gasteiger partial charge in [0.15, 0.2) is 0 Å². The number of allylic oxidation sites excluding steroid dienone is 2. The Bertz CT molecular complexity index is 1160. The van der Waals surface area contributed by atoms with Crippen LogP contribution < -0.4 is 16.0 Å². The zero-order valence-corrected chi connectivity index (χ0v) is 18.9. The number of aromatic nitrogens is 2. The minimum absolute atomic E-state index is 0.353. The Balaban J connectivity index is 1.76. The first-order valence-electron chi connectivity index (χ1n) is 10.3. The minimum atomic E-state index is -0.629. The van der Waals surface area contributed by atoms with E-state index in [1.54, 1.807) is 60.9 Å². The van der Waals surface area contributed by atoms with E-state index in [2.05, 4.69) is 25.9 Å². The van der Waals surface area contributed by atoms with E-state index in [0.29, 0.717) is 39.2 Å². The van der Waals surface area contributed by atoms with Crippen LogP contribution in [0.4, 0.5) is 11.6 Å². The third-order valence-corrected chi connectivity index (χ3v) is 5.52. The highest BCUT2D eigenvalue weighted by Crippen LogP contribution is 2.39. The number of anilines is 2. The lowest BCUT2D eigenvalue weighted by molar-refractivity contribution is -0.113. The van der Waals surface area contributed by atoms with Crippen molar-refractivity contribution in [2.45, 2.75) is 19.8 Å². The van der Waals surface area contributed by atoms with Gasteiger partial charge in [0, 0.05) is 45.9 Å². The number of hydrogen-bond acceptors (Lipinski definition) is 5. The number of rotatable bonds is 5. The predicted molar refractivity (Wildman–Crippen MR) is 128 cm³/mol. The van der Waals surface area contributed by atoms with Crippen molar-refractivity contribution in [3.05, 3.63) is 106 Å². The van der Waals surface area contributed by atoms with E-state index < -0.39 is 5.92 Å². The van der Waals surface area contributed by atoms with E-state index in [9.17, 15) is 9.59 Å². The van der Waals surface area contributed by atoms with Crippen LogP contribution in [0.1, 0.15) is 25.3 Å². The highest BCUT2D eigenvalue weighted by molar-refractivity contribution is 6.30. The zero-order valence-electron chi connectivity index (χ0n) is 18.1. The highest BCUT2D eigenvalue weighted by Gasteiger charge is 2.36. The molecule has 0 aliphatic carbocycles. The molecule has 33 heavy (non-hydrogen) atoms. The number of carbonyl (C=O) groups excluding carboxylic acids is 2. The normalized spacial score (nSPS) is 14.0. The lowest BCUT2D eigenvalue weighted by Crippen LogP contribution is -2.35. The van der Waals surface area contributed by atoms with E-state index in [0.717, 1.165) is 5.56 Å². The van der Waals surface area contributed by atoms with E-state index in [-0.39, 0.29) is 11.8 Å². The maximum Gasteiger partial charge on any atom is 0.255 e. The van der Waals surface area contributed by atoms with E-state index in [1.807, 2.05) is 26.0 Å². The molecule has 4 rings (SSSR count). The van der Waals surface area contributed by atoms with Gasteiger partial charge in [0.2, 0.25) is 0 Å². The lowest BCUT2D eigenvalue weighted by atomic mass is 9.79. The number of benzene rings is 1. The van der Waals surface area contributed by atoms with Crippen LogP contribution >= 0.6 is 11.6 Å². The number of nitrogens with zero attached hydrogens (tertiary/aromatic N) is 2. The summed E-state index contributed by atoms with van der Waals surface area (Å²) in [7, 11) is 0. The molecular weight excluding hydrogens is 438 g/mol. The lowest BCUT2D eigenvalue weighted by Gasteiger charge is -2.31. The van der Waals surface area contributed by atoms with Crippen LogP contribution in [0.3, 0.4) is 0 Å². The second-order valence-electron chi connectivity index (χ2n) is 7.53. The van der Waals surface area contributed by atoms with Crippen molar-refractivity contribution in [3.63, 3.8) is 0 Å². The van der Waals surface area contributed by atoms with Gasteiger partial charge < -0.3 is 16.0 Å². The van der Waals surface area contributed by atoms with Crippen molar-refractivity contribution < 1.29 is 9.59 Å². The molecule has 0 spiro atoms. The first kappa shape index (κ1) is 22.2. The number of dihydropyridines is 1. The molecule has 0 saturated carbocycles. The first-order valence-corrected chi connectivity index (χ1v) is 10.7. The number of carbonyl (C=O) groups is 2. The molecule has 166 valence electrons. The van der Waals surface area contributed by atoms with Crippen molar-refractivity contribution in [2.24, 2.45) is 0 Å². The molecule has 2 aromatic heterocycles.